The molecule has 1 aromatic carbocycles. The average Bonchev–Trinajstić information content (AvgIpc) is 3.02. The van der Waals surface area contributed by atoms with Gasteiger partial charge < -0.3 is 10.2 Å². The molecule has 3 aromatic rings. The van der Waals surface area contributed by atoms with Gasteiger partial charge in [-0.15, -0.1) is 0 Å². The van der Waals surface area contributed by atoms with Crippen LogP contribution in [0.15, 0.2) is 60.4 Å². The quantitative estimate of drug-likeness (QED) is 0.643. The lowest BCUT2D eigenvalue weighted by molar-refractivity contribution is 0.0652. The van der Waals surface area contributed by atoms with Crippen LogP contribution in [0.25, 0.3) is 16.9 Å². The lowest BCUT2D eigenvalue weighted by atomic mass is 10.1. The number of benzene rings is 1. The van der Waals surface area contributed by atoms with Gasteiger partial charge in [0.15, 0.2) is 0 Å². The molecule has 0 aliphatic carbocycles. The molecule has 144 valence electrons. The number of anilines is 1. The number of pyridine rings is 1. The van der Waals surface area contributed by atoms with Crippen LogP contribution in [0.2, 0.25) is 0 Å². The van der Waals surface area contributed by atoms with E-state index in [0.717, 1.165) is 47.1 Å². The van der Waals surface area contributed by atoms with Crippen LogP contribution < -0.4 is 5.32 Å². The van der Waals surface area contributed by atoms with Crippen LogP contribution in [0.5, 0.6) is 0 Å². The summed E-state index contributed by atoms with van der Waals surface area (Å²) >= 11 is 1.54. The maximum Gasteiger partial charge on any atom is 0.254 e. The lowest BCUT2D eigenvalue weighted by Gasteiger charge is -2.30. The lowest BCUT2D eigenvalue weighted by Crippen LogP contribution is -2.42. The van der Waals surface area contributed by atoms with Gasteiger partial charge in [0.2, 0.25) is 0 Å². The Kier molecular flexibility index (Phi) is 5.11. The Bertz CT molecular complexity index is 1040. The third-order valence-corrected chi connectivity index (χ3v) is 5.33. The van der Waals surface area contributed by atoms with Gasteiger partial charge in [0, 0.05) is 36.1 Å². The normalized spacial score (nSPS) is 13.6. The Balaban J connectivity index is 1.60. The smallest absolute Gasteiger partial charge is 0.254 e. The van der Waals surface area contributed by atoms with E-state index >= 15 is 0 Å². The Labute approximate surface area is 169 Å². The number of carbonyl (C=O) groups excluding carboxylic acids is 1. The van der Waals surface area contributed by atoms with Crippen LogP contribution in [0, 0.1) is 0 Å². The number of imidazole rings is 1. The summed E-state index contributed by atoms with van der Waals surface area (Å²) in [6.45, 7) is 5.74. The van der Waals surface area contributed by atoms with E-state index < -0.39 is 0 Å². The monoisotopic (exact) mass is 393 g/mol. The number of amides is 1. The third kappa shape index (κ3) is 3.76. The summed E-state index contributed by atoms with van der Waals surface area (Å²) in [6, 6.07) is 11.9. The molecule has 1 amide bonds. The fraction of sp³-hybridized carbons (Fsp3) is 0.238. The molecule has 7 heteroatoms. The van der Waals surface area contributed by atoms with Gasteiger partial charge >= 0.3 is 0 Å². The number of likely N-dealkylation sites (tertiary alicyclic amines) is 1. The molecule has 0 saturated carbocycles. The highest BCUT2D eigenvalue weighted by molar-refractivity contribution is 8.00. The van der Waals surface area contributed by atoms with Crippen molar-refractivity contribution in [3.05, 3.63) is 66.0 Å². The van der Waals surface area contributed by atoms with Crippen molar-refractivity contribution in [3.8, 4) is 11.3 Å². The van der Waals surface area contributed by atoms with Gasteiger partial charge in [-0.2, -0.15) is 0 Å². The molecule has 1 aliphatic heterocycles. The van der Waals surface area contributed by atoms with Gasteiger partial charge in [-0.05, 0) is 56.7 Å². The first kappa shape index (κ1) is 18.6. The van der Waals surface area contributed by atoms with E-state index in [2.05, 4.69) is 29.0 Å². The second-order valence-electron chi connectivity index (χ2n) is 6.97. The van der Waals surface area contributed by atoms with Crippen molar-refractivity contribution in [1.29, 1.82) is 0 Å². The molecule has 0 spiro atoms. The molecule has 0 radical (unpaired) electrons. The van der Waals surface area contributed by atoms with E-state index in [1.54, 1.807) is 11.9 Å². The first-order valence-electron chi connectivity index (χ1n) is 9.19. The minimum absolute atomic E-state index is 0.0846. The van der Waals surface area contributed by atoms with Crippen LogP contribution in [-0.4, -0.2) is 51.7 Å². The predicted molar refractivity (Wildman–Crippen MR) is 115 cm³/mol. The minimum atomic E-state index is 0.0846. The number of nitrogens with zero attached hydrogens (tertiary/aromatic N) is 4. The molecule has 0 unspecified atom stereocenters. The molecule has 0 atom stereocenters. The summed E-state index contributed by atoms with van der Waals surface area (Å²) in [4.78, 5) is 18.8. The van der Waals surface area contributed by atoms with Gasteiger partial charge in [0.05, 0.1) is 16.9 Å². The summed E-state index contributed by atoms with van der Waals surface area (Å²) in [5, 5.41) is 4.18. The van der Waals surface area contributed by atoms with Crippen LogP contribution in [0.1, 0.15) is 16.8 Å². The number of carbonyl (C=O) groups is 1. The van der Waals surface area contributed by atoms with Gasteiger partial charge in [0.1, 0.15) is 5.65 Å². The van der Waals surface area contributed by atoms with E-state index in [0.29, 0.717) is 5.56 Å². The number of fused-ring (bicyclic) bond motifs is 1. The molecule has 1 fully saturated rings. The molecule has 0 bridgehead atoms. The van der Waals surface area contributed by atoms with E-state index in [1.165, 1.54) is 0 Å². The van der Waals surface area contributed by atoms with Crippen LogP contribution in [0.3, 0.4) is 0 Å². The zero-order chi connectivity index (χ0) is 19.7. The maximum atomic E-state index is 12.4. The predicted octanol–water partition coefficient (Wildman–Crippen LogP) is 3.94. The number of hydrogen-bond acceptors (Lipinski definition) is 5. The number of nitrogens with one attached hydrogen (secondary N) is 1. The highest BCUT2D eigenvalue weighted by atomic mass is 32.2. The van der Waals surface area contributed by atoms with E-state index in [1.807, 2.05) is 64.4 Å². The molecule has 4 rings (SSSR count). The SMILES string of the molecule is C=C(Nc1cccc(-c2cnc3cc(C(=O)N4CCC4)ccn23)c1)SN(C)C. The summed E-state index contributed by atoms with van der Waals surface area (Å²) in [5.41, 5.74) is 4.45. The maximum absolute atomic E-state index is 12.4. The van der Waals surface area contributed by atoms with Gasteiger partial charge in [-0.1, -0.05) is 18.7 Å². The topological polar surface area (TPSA) is 52.9 Å². The molecule has 1 aliphatic rings. The summed E-state index contributed by atoms with van der Waals surface area (Å²) in [7, 11) is 3.96. The Morgan fingerprint density at radius 2 is 2.07 bits per heavy atom. The highest BCUT2D eigenvalue weighted by Crippen LogP contribution is 2.26. The number of hydrogen-bond donors (Lipinski definition) is 1. The zero-order valence-corrected chi connectivity index (χ0v) is 16.9. The number of aromatic nitrogens is 2. The summed E-state index contributed by atoms with van der Waals surface area (Å²) in [6.07, 6.45) is 4.85. The fourth-order valence-corrected chi connectivity index (χ4v) is 3.79. The second-order valence-corrected chi connectivity index (χ2v) is 8.37. The van der Waals surface area contributed by atoms with E-state index in [-0.39, 0.29) is 5.91 Å². The van der Waals surface area contributed by atoms with Crippen LogP contribution in [0.4, 0.5) is 5.69 Å². The average molecular weight is 394 g/mol. The molecular weight excluding hydrogens is 370 g/mol. The summed E-state index contributed by atoms with van der Waals surface area (Å²) in [5.74, 6) is 0.0846. The highest BCUT2D eigenvalue weighted by Gasteiger charge is 2.22. The number of rotatable bonds is 6. The fourth-order valence-electron chi connectivity index (χ4n) is 3.19. The minimum Gasteiger partial charge on any atom is -0.350 e. The standard InChI is InChI=1S/C21H23N5OS/c1-15(28-24(2)3)23-18-7-4-6-16(12-18)19-14-22-20-13-17(8-11-26(19)20)21(27)25-9-5-10-25/h4,6-8,11-14,23H,1,5,9-10H2,2-3H3. The molecule has 2 aromatic heterocycles. The van der Waals surface area contributed by atoms with E-state index in [4.69, 9.17) is 0 Å². The van der Waals surface area contributed by atoms with Crippen LogP contribution in [-0.2, 0) is 0 Å². The van der Waals surface area contributed by atoms with Crippen molar-refractivity contribution < 1.29 is 4.79 Å². The molecule has 1 saturated heterocycles. The first-order chi connectivity index (χ1) is 13.5. The van der Waals surface area contributed by atoms with Crippen molar-refractivity contribution >= 4 is 29.2 Å². The second kappa shape index (κ2) is 7.69. The largest absolute Gasteiger partial charge is 0.350 e. The first-order valence-corrected chi connectivity index (χ1v) is 9.96. The van der Waals surface area contributed by atoms with Crippen molar-refractivity contribution in [2.24, 2.45) is 0 Å². The van der Waals surface area contributed by atoms with Crippen molar-refractivity contribution in [1.82, 2.24) is 18.6 Å². The molecule has 28 heavy (non-hydrogen) atoms. The van der Waals surface area contributed by atoms with Crippen LogP contribution >= 0.6 is 11.9 Å². The van der Waals surface area contributed by atoms with Gasteiger partial charge in [0.25, 0.3) is 5.91 Å². The molecule has 1 N–H and O–H groups in total. The Hall–Kier alpha value is -2.77. The van der Waals surface area contributed by atoms with Gasteiger partial charge in [-0.25, -0.2) is 4.98 Å². The summed E-state index contributed by atoms with van der Waals surface area (Å²) < 4.78 is 4.00. The Morgan fingerprint density at radius 3 is 2.79 bits per heavy atom. The van der Waals surface area contributed by atoms with Gasteiger partial charge in [-0.3, -0.25) is 13.5 Å². The van der Waals surface area contributed by atoms with Crippen molar-refractivity contribution in [2.45, 2.75) is 6.42 Å². The molecular formula is C21H23N5OS. The zero-order valence-electron chi connectivity index (χ0n) is 16.1. The Morgan fingerprint density at radius 1 is 1.25 bits per heavy atom. The van der Waals surface area contributed by atoms with E-state index in [9.17, 15) is 4.79 Å². The van der Waals surface area contributed by atoms with Crippen molar-refractivity contribution in [3.63, 3.8) is 0 Å². The third-order valence-electron chi connectivity index (χ3n) is 4.64. The molecule has 3 heterocycles. The van der Waals surface area contributed by atoms with Crippen molar-refractivity contribution in [2.75, 3.05) is 32.5 Å². The molecule has 6 nitrogen and oxygen atoms in total.